The number of Topliss-reactive ketones (excluding diaryl/α,β-unsaturated/α-hetero) is 1. The van der Waals surface area contributed by atoms with Gasteiger partial charge in [0.15, 0.2) is 6.10 Å². The van der Waals surface area contributed by atoms with Gasteiger partial charge in [-0.3, -0.25) is 4.79 Å². The van der Waals surface area contributed by atoms with E-state index in [9.17, 15) is 18.0 Å². The first-order valence-corrected chi connectivity index (χ1v) is 10.0. The molecule has 0 aliphatic rings. The van der Waals surface area contributed by atoms with Gasteiger partial charge in [-0.05, 0) is 68.7 Å². The number of ketones is 1. The van der Waals surface area contributed by atoms with Crippen LogP contribution in [0.3, 0.4) is 0 Å². The molecule has 2 rings (SSSR count). The minimum Gasteiger partial charge on any atom is -0.496 e. The summed E-state index contributed by atoms with van der Waals surface area (Å²) >= 11 is 0. The number of carbonyl (C=O) groups is 2. The van der Waals surface area contributed by atoms with Crippen molar-refractivity contribution in [3.05, 3.63) is 58.1 Å². The van der Waals surface area contributed by atoms with Crippen molar-refractivity contribution in [3.8, 4) is 5.75 Å². The summed E-state index contributed by atoms with van der Waals surface area (Å²) in [5, 5.41) is 5.11. The van der Waals surface area contributed by atoms with E-state index in [4.69, 9.17) is 14.6 Å². The van der Waals surface area contributed by atoms with Crippen LogP contribution in [0.15, 0.2) is 35.2 Å². The molecule has 0 saturated heterocycles. The van der Waals surface area contributed by atoms with Gasteiger partial charge in [-0.25, -0.2) is 18.4 Å². The van der Waals surface area contributed by atoms with Crippen LogP contribution in [0.4, 0.5) is 0 Å². The molecule has 0 aromatic heterocycles. The van der Waals surface area contributed by atoms with E-state index >= 15 is 0 Å². The lowest BCUT2D eigenvalue weighted by atomic mass is 9.96. The van der Waals surface area contributed by atoms with E-state index in [0.29, 0.717) is 5.56 Å². The fraction of sp³-hybridized carbons (Fsp3) is 0.300. The summed E-state index contributed by atoms with van der Waals surface area (Å²) in [6, 6.07) is 7.25. The number of hydrogen-bond donors (Lipinski definition) is 1. The molecule has 150 valence electrons. The Morgan fingerprint density at radius 1 is 0.964 bits per heavy atom. The summed E-state index contributed by atoms with van der Waals surface area (Å²) < 4.78 is 33.5. The van der Waals surface area contributed by atoms with Gasteiger partial charge < -0.3 is 9.47 Å². The molecule has 0 fully saturated rings. The number of methoxy groups -OCH3 is 1. The number of sulfonamides is 1. The van der Waals surface area contributed by atoms with Crippen molar-refractivity contribution in [1.29, 1.82) is 0 Å². The molecule has 2 N–H and O–H groups in total. The smallest absolute Gasteiger partial charge is 0.342 e. The molecule has 0 unspecified atom stereocenters. The van der Waals surface area contributed by atoms with E-state index in [1.54, 1.807) is 6.07 Å². The Kier molecular flexibility index (Phi) is 6.26. The van der Waals surface area contributed by atoms with Gasteiger partial charge in [0.2, 0.25) is 15.8 Å². The van der Waals surface area contributed by atoms with Crippen LogP contribution in [0.25, 0.3) is 0 Å². The molecule has 0 amide bonds. The molecule has 2 aromatic rings. The molecule has 0 radical (unpaired) electrons. The molecule has 0 saturated carbocycles. The van der Waals surface area contributed by atoms with Crippen molar-refractivity contribution in [2.45, 2.75) is 38.7 Å². The van der Waals surface area contributed by atoms with Crippen molar-refractivity contribution in [1.82, 2.24) is 0 Å². The van der Waals surface area contributed by atoms with Crippen LogP contribution in [-0.4, -0.2) is 33.4 Å². The Morgan fingerprint density at radius 3 is 2.14 bits per heavy atom. The summed E-state index contributed by atoms with van der Waals surface area (Å²) in [6.45, 7) is 7.12. The Labute approximate surface area is 164 Å². The van der Waals surface area contributed by atoms with Gasteiger partial charge in [-0.2, -0.15) is 0 Å². The minimum atomic E-state index is -4.02. The Morgan fingerprint density at radius 2 is 1.57 bits per heavy atom. The fourth-order valence-corrected chi connectivity index (χ4v) is 3.29. The van der Waals surface area contributed by atoms with Crippen LogP contribution in [0, 0.1) is 20.8 Å². The van der Waals surface area contributed by atoms with E-state index in [-0.39, 0.29) is 22.0 Å². The summed E-state index contributed by atoms with van der Waals surface area (Å²) in [6.07, 6.45) is -1.07. The van der Waals surface area contributed by atoms with E-state index in [2.05, 4.69) is 0 Å². The molecule has 2 aromatic carbocycles. The summed E-state index contributed by atoms with van der Waals surface area (Å²) in [7, 11) is -2.69. The predicted octanol–water partition coefficient (Wildman–Crippen LogP) is 2.70. The number of hydrogen-bond acceptors (Lipinski definition) is 6. The Balaban J connectivity index is 2.32. The molecular weight excluding hydrogens is 382 g/mol. The zero-order valence-corrected chi connectivity index (χ0v) is 17.2. The highest BCUT2D eigenvalue weighted by atomic mass is 32.2. The predicted molar refractivity (Wildman–Crippen MR) is 104 cm³/mol. The van der Waals surface area contributed by atoms with E-state index in [1.165, 1.54) is 26.2 Å². The van der Waals surface area contributed by atoms with E-state index < -0.39 is 22.1 Å². The standard InChI is InChI=1S/C20H23NO6S/c1-11-8-13(3)16(9-12(11)2)19(22)14(4)27-20(23)17-10-15(28(21,24)25)6-7-18(17)26-5/h6-10,14H,1-5H3,(H2,21,24,25)/t14-/m0/s1. The first-order chi connectivity index (χ1) is 13.0. The second-order valence-electron chi connectivity index (χ2n) is 6.57. The van der Waals surface area contributed by atoms with Gasteiger partial charge in [-0.1, -0.05) is 6.07 Å². The number of esters is 1. The Hall–Kier alpha value is -2.71. The summed E-state index contributed by atoms with van der Waals surface area (Å²) in [5.74, 6) is -1.13. The molecule has 0 aliphatic heterocycles. The van der Waals surface area contributed by atoms with Gasteiger partial charge in [-0.15, -0.1) is 0 Å². The topological polar surface area (TPSA) is 113 Å². The second kappa shape index (κ2) is 8.12. The third-order valence-corrected chi connectivity index (χ3v) is 5.39. The number of primary sulfonamides is 1. The number of rotatable bonds is 6. The number of benzene rings is 2. The van der Waals surface area contributed by atoms with Crippen molar-refractivity contribution in [3.63, 3.8) is 0 Å². The average molecular weight is 405 g/mol. The van der Waals surface area contributed by atoms with Crippen LogP contribution < -0.4 is 9.88 Å². The zero-order chi connectivity index (χ0) is 21.2. The van der Waals surface area contributed by atoms with E-state index in [0.717, 1.165) is 22.8 Å². The van der Waals surface area contributed by atoms with Crippen molar-refractivity contribution < 1.29 is 27.5 Å². The maximum absolute atomic E-state index is 12.8. The van der Waals surface area contributed by atoms with Crippen LogP contribution in [-0.2, 0) is 14.8 Å². The summed E-state index contributed by atoms with van der Waals surface area (Å²) in [4.78, 5) is 25.1. The minimum absolute atomic E-state index is 0.111. The lowest BCUT2D eigenvalue weighted by Gasteiger charge is -2.16. The molecule has 0 aliphatic carbocycles. The summed E-state index contributed by atoms with van der Waals surface area (Å²) in [5.41, 5.74) is 3.13. The number of nitrogens with two attached hydrogens (primary N) is 1. The highest BCUT2D eigenvalue weighted by Crippen LogP contribution is 2.24. The highest BCUT2D eigenvalue weighted by Gasteiger charge is 2.25. The molecule has 28 heavy (non-hydrogen) atoms. The van der Waals surface area contributed by atoms with Gasteiger partial charge in [0, 0.05) is 5.56 Å². The fourth-order valence-electron chi connectivity index (χ4n) is 2.75. The molecule has 7 nitrogen and oxygen atoms in total. The molecule has 1 atom stereocenters. The number of ether oxygens (including phenoxy) is 2. The molecule has 0 heterocycles. The van der Waals surface area contributed by atoms with Gasteiger partial charge in [0.25, 0.3) is 0 Å². The molecule has 0 bridgehead atoms. The molecule has 0 spiro atoms. The first kappa shape index (κ1) is 21.6. The third-order valence-electron chi connectivity index (χ3n) is 4.48. The average Bonchev–Trinajstić information content (AvgIpc) is 2.62. The van der Waals surface area contributed by atoms with Crippen molar-refractivity contribution in [2.24, 2.45) is 5.14 Å². The lowest BCUT2D eigenvalue weighted by molar-refractivity contribution is 0.0315. The van der Waals surface area contributed by atoms with Crippen LogP contribution >= 0.6 is 0 Å². The van der Waals surface area contributed by atoms with Crippen molar-refractivity contribution >= 4 is 21.8 Å². The number of carbonyl (C=O) groups excluding carboxylic acids is 2. The third kappa shape index (κ3) is 4.58. The second-order valence-corrected chi connectivity index (χ2v) is 8.13. The van der Waals surface area contributed by atoms with Gasteiger partial charge >= 0.3 is 5.97 Å². The van der Waals surface area contributed by atoms with E-state index in [1.807, 2.05) is 26.8 Å². The zero-order valence-electron chi connectivity index (χ0n) is 16.4. The largest absolute Gasteiger partial charge is 0.496 e. The molecule has 8 heteroatoms. The maximum atomic E-state index is 12.8. The van der Waals surface area contributed by atoms with Crippen LogP contribution in [0.1, 0.15) is 44.3 Å². The normalized spacial score (nSPS) is 12.4. The highest BCUT2D eigenvalue weighted by molar-refractivity contribution is 7.89. The van der Waals surface area contributed by atoms with Crippen LogP contribution in [0.5, 0.6) is 5.75 Å². The van der Waals surface area contributed by atoms with Crippen molar-refractivity contribution in [2.75, 3.05) is 7.11 Å². The Bertz CT molecular complexity index is 1040. The van der Waals surface area contributed by atoms with Crippen LogP contribution in [0.2, 0.25) is 0 Å². The van der Waals surface area contributed by atoms with Gasteiger partial charge in [0.05, 0.1) is 12.0 Å². The SMILES string of the molecule is COc1ccc(S(N)(=O)=O)cc1C(=O)O[C@@H](C)C(=O)c1cc(C)c(C)cc1C. The van der Waals surface area contributed by atoms with Gasteiger partial charge in [0.1, 0.15) is 11.3 Å². The monoisotopic (exact) mass is 405 g/mol. The first-order valence-electron chi connectivity index (χ1n) is 8.49. The quantitative estimate of drug-likeness (QED) is 0.584. The molecular formula is C20H23NO6S. The lowest BCUT2D eigenvalue weighted by Crippen LogP contribution is -2.25. The maximum Gasteiger partial charge on any atom is 0.342 e. The number of aryl methyl sites for hydroxylation is 3.